The molecule has 0 spiro atoms. The number of carbonyl (C=O) groups is 1. The highest BCUT2D eigenvalue weighted by Gasteiger charge is 2.27. The van der Waals surface area contributed by atoms with Gasteiger partial charge in [-0.05, 0) is 30.3 Å². The van der Waals surface area contributed by atoms with Gasteiger partial charge >= 0.3 is 5.57 Å². The molecule has 9 heteroatoms. The van der Waals surface area contributed by atoms with Gasteiger partial charge < -0.3 is 14.8 Å². The zero-order valence-corrected chi connectivity index (χ0v) is 13.2. The van der Waals surface area contributed by atoms with E-state index in [4.69, 9.17) is 16.3 Å². The number of pyridine rings is 1. The summed E-state index contributed by atoms with van der Waals surface area (Å²) in [6.45, 7) is 0. The monoisotopic (exact) mass is 362 g/mol. The van der Waals surface area contributed by atoms with Gasteiger partial charge in [-0.1, -0.05) is 11.6 Å². The summed E-state index contributed by atoms with van der Waals surface area (Å²) in [5, 5.41) is 2.67. The average molecular weight is 363 g/mol. The molecular formula is C14H10Cl2F2N2O3. The van der Waals surface area contributed by atoms with Crippen molar-refractivity contribution in [1.82, 2.24) is 4.98 Å². The number of rotatable bonds is 5. The normalized spacial score (nSPS) is 11.0. The predicted molar refractivity (Wildman–Crippen MR) is 81.6 cm³/mol. The van der Waals surface area contributed by atoms with Crippen molar-refractivity contribution < 1.29 is 23.0 Å². The number of anilines is 1. The maximum absolute atomic E-state index is 12.5. The summed E-state index contributed by atoms with van der Waals surface area (Å²) in [7, 11) is 1.39. The average Bonchev–Trinajstić information content (AvgIpc) is 2.47. The van der Waals surface area contributed by atoms with Gasteiger partial charge in [-0.15, -0.1) is 8.78 Å². The number of hydrogen-bond acceptors (Lipinski definition) is 4. The number of halogens is 4. The van der Waals surface area contributed by atoms with Gasteiger partial charge in [0.25, 0.3) is 5.91 Å². The maximum Gasteiger partial charge on any atom is 0.487 e. The molecular weight excluding hydrogens is 353 g/mol. The number of hydrogen-bond donors (Lipinski definition) is 1. The van der Waals surface area contributed by atoms with Gasteiger partial charge in [-0.25, -0.2) is 4.98 Å². The molecule has 0 fully saturated rings. The second kappa shape index (κ2) is 6.97. The van der Waals surface area contributed by atoms with E-state index in [2.05, 4.69) is 26.6 Å². The third kappa shape index (κ3) is 5.22. The van der Waals surface area contributed by atoms with E-state index in [0.717, 1.165) is 0 Å². The van der Waals surface area contributed by atoms with Crippen molar-refractivity contribution >= 4 is 34.8 Å². The lowest BCUT2D eigenvalue weighted by Crippen LogP contribution is -2.16. The second-order valence-electron chi connectivity index (χ2n) is 4.25. The lowest BCUT2D eigenvalue weighted by molar-refractivity contribution is -0.0964. The first-order valence-corrected chi connectivity index (χ1v) is 6.91. The highest BCUT2D eigenvalue weighted by atomic mass is 35.5. The molecule has 0 saturated carbocycles. The van der Waals surface area contributed by atoms with Crippen LogP contribution in [0.25, 0.3) is 0 Å². The van der Waals surface area contributed by atoms with Crippen LogP contribution in [0.4, 0.5) is 14.5 Å². The van der Waals surface area contributed by atoms with Crippen LogP contribution in [0.5, 0.6) is 11.6 Å². The molecule has 1 aromatic carbocycles. The molecule has 23 heavy (non-hydrogen) atoms. The number of nitrogens with zero attached hydrogens (tertiary/aromatic N) is 1. The molecule has 0 atom stereocenters. The second-order valence-corrected chi connectivity index (χ2v) is 5.07. The topological polar surface area (TPSA) is 60.5 Å². The summed E-state index contributed by atoms with van der Waals surface area (Å²) in [5.41, 5.74) is -3.20. The molecule has 1 N–H and O–H groups in total. The Morgan fingerprint density at radius 3 is 2.48 bits per heavy atom. The van der Waals surface area contributed by atoms with E-state index in [9.17, 15) is 13.6 Å². The van der Waals surface area contributed by atoms with Crippen molar-refractivity contribution in [3.05, 3.63) is 47.1 Å². The number of methoxy groups -OCH3 is 1. The number of amides is 1. The zero-order chi connectivity index (χ0) is 17.0. The molecule has 122 valence electrons. The predicted octanol–water partition coefficient (Wildman–Crippen LogP) is 4.16. The lowest BCUT2D eigenvalue weighted by atomic mass is 10.2. The Kier molecular flexibility index (Phi) is 5.23. The molecule has 0 saturated heterocycles. The van der Waals surface area contributed by atoms with Gasteiger partial charge in [0, 0.05) is 28.9 Å². The Hall–Kier alpha value is -2.12. The van der Waals surface area contributed by atoms with Crippen molar-refractivity contribution in [2.24, 2.45) is 0 Å². The Bertz CT molecular complexity index is 706. The minimum absolute atomic E-state index is 0.0996. The fraction of sp³-hybridized carbons (Fsp3) is 0.143. The number of benzene rings is 1. The Morgan fingerprint density at radius 2 is 1.91 bits per heavy atom. The largest absolute Gasteiger partial charge is 0.487 e. The third-order valence-corrected chi connectivity index (χ3v) is 2.86. The number of aromatic nitrogens is 1. The van der Waals surface area contributed by atoms with E-state index in [0.29, 0.717) is 5.69 Å². The van der Waals surface area contributed by atoms with E-state index in [1.807, 2.05) is 0 Å². The van der Waals surface area contributed by atoms with E-state index >= 15 is 0 Å². The molecule has 5 nitrogen and oxygen atoms in total. The summed E-state index contributed by atoms with van der Waals surface area (Å²) in [6, 6.07) is 8.03. The van der Waals surface area contributed by atoms with Gasteiger partial charge in [-0.2, -0.15) is 0 Å². The first-order chi connectivity index (χ1) is 10.8. The van der Waals surface area contributed by atoms with Crippen molar-refractivity contribution in [1.29, 1.82) is 0 Å². The van der Waals surface area contributed by atoms with E-state index < -0.39 is 11.5 Å². The summed E-state index contributed by atoms with van der Waals surface area (Å²) < 4.78 is 34.1. The van der Waals surface area contributed by atoms with Crippen molar-refractivity contribution in [2.45, 2.75) is 5.57 Å². The minimum Gasteiger partial charge on any atom is -0.481 e. The number of carbonyl (C=O) groups excluding carboxylic acids is 1. The fourth-order valence-electron chi connectivity index (χ4n) is 1.65. The van der Waals surface area contributed by atoms with Gasteiger partial charge in [0.15, 0.2) is 0 Å². The van der Waals surface area contributed by atoms with Crippen molar-refractivity contribution in [2.75, 3.05) is 12.4 Å². The van der Waals surface area contributed by atoms with Crippen LogP contribution < -0.4 is 14.8 Å². The summed E-state index contributed by atoms with van der Waals surface area (Å²) >= 11 is 10.4. The Labute approximate surface area is 140 Å². The highest BCUT2D eigenvalue weighted by molar-refractivity contribution is 6.30. The van der Waals surface area contributed by atoms with Crippen LogP contribution in [0.15, 0.2) is 36.4 Å². The van der Waals surface area contributed by atoms with Crippen LogP contribution in [-0.4, -0.2) is 23.6 Å². The standard InChI is InChI=1S/C14H10Cl2F2N2O3/c1-22-12-7-8(6-11(15)20-12)13(21)19-9-2-4-10(5-3-9)23-14(16,17)18/h2-7H,1H3,(H,19,21). The van der Waals surface area contributed by atoms with Crippen molar-refractivity contribution in [3.8, 4) is 11.6 Å². The quantitative estimate of drug-likeness (QED) is 0.640. The highest BCUT2D eigenvalue weighted by Crippen LogP contribution is 2.26. The van der Waals surface area contributed by atoms with Gasteiger partial charge in [0.1, 0.15) is 10.9 Å². The molecule has 0 unspecified atom stereocenters. The molecule has 0 bridgehead atoms. The first kappa shape index (κ1) is 17.2. The molecule has 0 aliphatic carbocycles. The van der Waals surface area contributed by atoms with Gasteiger partial charge in [-0.3, -0.25) is 4.79 Å². The smallest absolute Gasteiger partial charge is 0.481 e. The third-order valence-electron chi connectivity index (χ3n) is 2.59. The molecule has 0 aliphatic rings. The summed E-state index contributed by atoms with van der Waals surface area (Å²) in [5.74, 6) is -0.420. The van der Waals surface area contributed by atoms with Crippen LogP contribution in [0.3, 0.4) is 0 Å². The number of nitrogens with one attached hydrogen (secondary N) is 1. The van der Waals surface area contributed by atoms with Gasteiger partial charge in [0.2, 0.25) is 5.88 Å². The Morgan fingerprint density at radius 1 is 1.26 bits per heavy atom. The lowest BCUT2D eigenvalue weighted by Gasteiger charge is -2.11. The number of alkyl halides is 3. The molecule has 1 aromatic heterocycles. The SMILES string of the molecule is COc1cc(C(=O)Nc2ccc(OC(F)(F)Cl)cc2)cc(Cl)n1. The summed E-state index contributed by atoms with van der Waals surface area (Å²) in [6.07, 6.45) is 0. The molecule has 2 rings (SSSR count). The molecule has 0 aliphatic heterocycles. The molecule has 2 aromatic rings. The maximum atomic E-state index is 12.5. The molecule has 1 amide bonds. The van der Waals surface area contributed by atoms with Crippen LogP contribution in [0, 0.1) is 0 Å². The number of ether oxygens (including phenoxy) is 2. The zero-order valence-electron chi connectivity index (χ0n) is 11.6. The van der Waals surface area contributed by atoms with Crippen LogP contribution >= 0.6 is 23.2 Å². The van der Waals surface area contributed by atoms with Crippen molar-refractivity contribution in [3.63, 3.8) is 0 Å². The van der Waals surface area contributed by atoms with Crippen LogP contribution in [-0.2, 0) is 0 Å². The van der Waals surface area contributed by atoms with E-state index in [-0.39, 0.29) is 22.3 Å². The Balaban J connectivity index is 2.10. The van der Waals surface area contributed by atoms with E-state index in [1.54, 1.807) is 0 Å². The summed E-state index contributed by atoms with van der Waals surface area (Å²) in [4.78, 5) is 16.0. The molecule has 0 radical (unpaired) electrons. The minimum atomic E-state index is -3.80. The van der Waals surface area contributed by atoms with Gasteiger partial charge in [0.05, 0.1) is 7.11 Å². The van der Waals surface area contributed by atoms with Crippen LogP contribution in [0.1, 0.15) is 10.4 Å². The molecule has 1 heterocycles. The van der Waals surface area contributed by atoms with Crippen LogP contribution in [0.2, 0.25) is 5.15 Å². The van der Waals surface area contributed by atoms with E-state index in [1.165, 1.54) is 43.5 Å². The first-order valence-electron chi connectivity index (χ1n) is 6.15. The fourth-order valence-corrected chi connectivity index (χ4v) is 1.94.